The smallest absolute Gasteiger partial charge is 0.243 e. The molecule has 1 rings (SSSR count). The van der Waals surface area contributed by atoms with Crippen LogP contribution in [0.2, 0.25) is 0 Å². The Hall–Kier alpha value is -0.650. The molecule has 0 aliphatic heterocycles. The summed E-state index contributed by atoms with van der Waals surface area (Å²) in [5.74, 6) is -0.0224. The average Bonchev–Trinajstić information content (AvgIpc) is 2.36. The van der Waals surface area contributed by atoms with Crippen molar-refractivity contribution in [2.75, 3.05) is 26.8 Å². The molecule has 1 fully saturated rings. The maximum atomic E-state index is 12.6. The van der Waals surface area contributed by atoms with E-state index in [1.165, 1.54) is 0 Å². The predicted molar refractivity (Wildman–Crippen MR) is 79.5 cm³/mol. The number of carbonyl (C=O) groups is 1. The van der Waals surface area contributed by atoms with Crippen LogP contribution in [0.3, 0.4) is 0 Å². The van der Waals surface area contributed by atoms with Crippen molar-refractivity contribution in [3.8, 4) is 0 Å². The summed E-state index contributed by atoms with van der Waals surface area (Å²) in [6, 6.07) is 0. The van der Waals surface area contributed by atoms with Crippen molar-refractivity contribution in [3.05, 3.63) is 0 Å². The Balaban J connectivity index is 2.58. The topological polar surface area (TPSA) is 64.8 Å². The molecule has 0 saturated heterocycles. The second kappa shape index (κ2) is 6.41. The third-order valence-electron chi connectivity index (χ3n) is 4.44. The lowest BCUT2D eigenvalue weighted by molar-refractivity contribution is -0.178. The van der Waals surface area contributed by atoms with E-state index in [0.717, 1.165) is 0 Å². The van der Waals surface area contributed by atoms with Gasteiger partial charge in [-0.25, -0.2) is 0 Å². The molecule has 20 heavy (non-hydrogen) atoms. The van der Waals surface area contributed by atoms with Crippen LogP contribution >= 0.6 is 0 Å². The molecule has 118 valence electrons. The van der Waals surface area contributed by atoms with E-state index in [2.05, 4.69) is 0 Å². The van der Waals surface area contributed by atoms with E-state index in [-0.39, 0.29) is 23.5 Å². The first kappa shape index (κ1) is 17.4. The summed E-state index contributed by atoms with van der Waals surface area (Å²) >= 11 is 0. The van der Waals surface area contributed by atoms with Crippen LogP contribution in [0.5, 0.6) is 0 Å². The molecule has 5 nitrogen and oxygen atoms in total. The Labute approximate surface area is 122 Å². The van der Waals surface area contributed by atoms with Crippen molar-refractivity contribution >= 4 is 5.91 Å². The van der Waals surface area contributed by atoms with Gasteiger partial charge in [-0.3, -0.25) is 4.79 Å². The number of hydrogen-bond donors (Lipinski definition) is 1. The molecule has 2 unspecified atom stereocenters. The van der Waals surface area contributed by atoms with Crippen molar-refractivity contribution in [2.45, 2.75) is 58.8 Å². The molecule has 0 spiro atoms. The minimum absolute atomic E-state index is 0.0224. The predicted octanol–water partition coefficient (Wildman–Crippen LogP) is 1.40. The van der Waals surface area contributed by atoms with Crippen molar-refractivity contribution < 1.29 is 14.3 Å². The maximum absolute atomic E-state index is 12.6. The fraction of sp³-hybridized carbons (Fsp3) is 0.933. The zero-order valence-electron chi connectivity index (χ0n) is 13.7. The highest BCUT2D eigenvalue weighted by atomic mass is 16.5. The molecule has 5 heteroatoms. The fourth-order valence-corrected chi connectivity index (χ4v) is 2.67. The highest BCUT2D eigenvalue weighted by molar-refractivity contribution is 5.88. The summed E-state index contributed by atoms with van der Waals surface area (Å²) in [6.45, 7) is 11.7. The molecule has 0 aromatic heterocycles. The van der Waals surface area contributed by atoms with Gasteiger partial charge in [0.1, 0.15) is 5.54 Å². The van der Waals surface area contributed by atoms with Crippen molar-refractivity contribution in [2.24, 2.45) is 11.1 Å². The van der Waals surface area contributed by atoms with Gasteiger partial charge in [0.05, 0.1) is 18.8 Å². The van der Waals surface area contributed by atoms with E-state index in [0.29, 0.717) is 26.2 Å². The quantitative estimate of drug-likeness (QED) is 0.768. The number of ether oxygens (including phenoxy) is 2. The second-order valence-corrected chi connectivity index (χ2v) is 6.49. The average molecular weight is 286 g/mol. The molecular formula is C15H30N2O3. The Bertz CT molecular complexity index is 344. The van der Waals surface area contributed by atoms with Crippen LogP contribution in [0.25, 0.3) is 0 Å². The summed E-state index contributed by atoms with van der Waals surface area (Å²) in [5.41, 5.74) is 5.19. The van der Waals surface area contributed by atoms with Gasteiger partial charge in [-0.1, -0.05) is 13.8 Å². The summed E-state index contributed by atoms with van der Waals surface area (Å²) in [4.78, 5) is 14.3. The SMILES string of the molecule is CCOC1CC(N)(C(=O)N(C)CCOC(C)C)C1(C)C. The van der Waals surface area contributed by atoms with Crippen LogP contribution in [0, 0.1) is 5.41 Å². The van der Waals surface area contributed by atoms with Gasteiger partial charge in [-0.2, -0.15) is 0 Å². The molecule has 1 aliphatic rings. The first-order chi connectivity index (χ1) is 9.16. The van der Waals surface area contributed by atoms with E-state index in [4.69, 9.17) is 15.2 Å². The van der Waals surface area contributed by atoms with Gasteiger partial charge >= 0.3 is 0 Å². The normalized spacial score (nSPS) is 28.3. The van der Waals surface area contributed by atoms with Crippen molar-refractivity contribution in [1.82, 2.24) is 4.90 Å². The molecular weight excluding hydrogens is 256 g/mol. The highest BCUT2D eigenvalue weighted by Gasteiger charge is 2.63. The van der Waals surface area contributed by atoms with Gasteiger partial charge in [-0.05, 0) is 20.8 Å². The molecule has 0 bridgehead atoms. The first-order valence-corrected chi connectivity index (χ1v) is 7.44. The monoisotopic (exact) mass is 286 g/mol. The van der Waals surface area contributed by atoms with E-state index in [1.54, 1.807) is 11.9 Å². The van der Waals surface area contributed by atoms with Crippen molar-refractivity contribution in [1.29, 1.82) is 0 Å². The largest absolute Gasteiger partial charge is 0.378 e. The van der Waals surface area contributed by atoms with E-state index in [1.807, 2.05) is 34.6 Å². The van der Waals surface area contributed by atoms with E-state index in [9.17, 15) is 4.79 Å². The van der Waals surface area contributed by atoms with Gasteiger partial charge in [0.15, 0.2) is 0 Å². The summed E-state index contributed by atoms with van der Waals surface area (Å²) < 4.78 is 11.1. The van der Waals surface area contributed by atoms with Gasteiger partial charge in [0.2, 0.25) is 5.91 Å². The Morgan fingerprint density at radius 1 is 1.45 bits per heavy atom. The molecule has 1 saturated carbocycles. The third kappa shape index (κ3) is 3.15. The van der Waals surface area contributed by atoms with Crippen LogP contribution in [0.15, 0.2) is 0 Å². The number of hydrogen-bond acceptors (Lipinski definition) is 4. The molecule has 1 aliphatic carbocycles. The van der Waals surface area contributed by atoms with Crippen LogP contribution in [-0.4, -0.2) is 55.4 Å². The highest BCUT2D eigenvalue weighted by Crippen LogP contribution is 2.50. The van der Waals surface area contributed by atoms with Crippen molar-refractivity contribution in [3.63, 3.8) is 0 Å². The molecule has 2 atom stereocenters. The standard InChI is InChI=1S/C15H30N2O3/c1-7-19-12-10-15(16,14(12,4)5)13(18)17(6)8-9-20-11(2)3/h11-12H,7-10,16H2,1-6H3. The lowest BCUT2D eigenvalue weighted by Crippen LogP contribution is -2.75. The third-order valence-corrected chi connectivity index (χ3v) is 4.44. The summed E-state index contributed by atoms with van der Waals surface area (Å²) in [7, 11) is 1.78. The Morgan fingerprint density at radius 3 is 2.50 bits per heavy atom. The van der Waals surface area contributed by atoms with Gasteiger partial charge in [0.25, 0.3) is 0 Å². The molecule has 0 aromatic carbocycles. The molecule has 0 heterocycles. The zero-order chi connectivity index (χ0) is 15.6. The fourth-order valence-electron chi connectivity index (χ4n) is 2.67. The molecule has 1 amide bonds. The van der Waals surface area contributed by atoms with Crippen LogP contribution in [0.4, 0.5) is 0 Å². The maximum Gasteiger partial charge on any atom is 0.243 e. The minimum Gasteiger partial charge on any atom is -0.378 e. The number of nitrogens with zero attached hydrogens (tertiary/aromatic N) is 1. The van der Waals surface area contributed by atoms with Crippen LogP contribution < -0.4 is 5.73 Å². The lowest BCUT2D eigenvalue weighted by atomic mass is 9.54. The van der Waals surface area contributed by atoms with Crippen LogP contribution in [0.1, 0.15) is 41.0 Å². The molecule has 0 aromatic rings. The van der Waals surface area contributed by atoms with Gasteiger partial charge in [0, 0.05) is 32.0 Å². The summed E-state index contributed by atoms with van der Waals surface area (Å²) in [6.07, 6.45) is 0.816. The van der Waals surface area contributed by atoms with E-state index < -0.39 is 5.54 Å². The molecule has 0 radical (unpaired) electrons. The Morgan fingerprint density at radius 2 is 2.05 bits per heavy atom. The first-order valence-electron chi connectivity index (χ1n) is 7.44. The minimum atomic E-state index is -0.834. The Kier molecular flexibility index (Phi) is 5.58. The molecule has 2 N–H and O–H groups in total. The van der Waals surface area contributed by atoms with Crippen LogP contribution in [-0.2, 0) is 14.3 Å². The number of rotatable bonds is 7. The number of amides is 1. The van der Waals surface area contributed by atoms with Gasteiger partial charge in [-0.15, -0.1) is 0 Å². The zero-order valence-corrected chi connectivity index (χ0v) is 13.7. The number of likely N-dealkylation sites (N-methyl/N-ethyl adjacent to an activating group) is 1. The van der Waals surface area contributed by atoms with E-state index >= 15 is 0 Å². The lowest BCUT2D eigenvalue weighted by Gasteiger charge is -2.58. The number of carbonyl (C=O) groups excluding carboxylic acids is 1. The number of nitrogens with two attached hydrogens (primary N) is 1. The summed E-state index contributed by atoms with van der Waals surface area (Å²) in [5, 5.41) is 0. The second-order valence-electron chi connectivity index (χ2n) is 6.49. The van der Waals surface area contributed by atoms with Gasteiger partial charge < -0.3 is 20.1 Å².